The van der Waals surface area contributed by atoms with Gasteiger partial charge in [0.05, 0.1) is 31.7 Å². The Morgan fingerprint density at radius 3 is 2.79 bits per heavy atom. The Morgan fingerprint density at radius 1 is 1.42 bits per heavy atom. The average molecular weight is 353 g/mol. The molecule has 0 amide bonds. The van der Waals surface area contributed by atoms with Crippen molar-refractivity contribution in [3.8, 4) is 5.75 Å². The highest BCUT2D eigenvalue weighted by molar-refractivity contribution is 7.92. The smallest absolute Gasteiger partial charge is 0.232 e. The second kappa shape index (κ2) is 6.98. The van der Waals surface area contributed by atoms with Gasteiger partial charge in [0.15, 0.2) is 0 Å². The molecule has 1 saturated heterocycles. The fourth-order valence-electron chi connectivity index (χ4n) is 2.75. The van der Waals surface area contributed by atoms with Crippen LogP contribution in [0.3, 0.4) is 0 Å². The molecule has 0 bridgehead atoms. The highest BCUT2D eigenvalue weighted by Gasteiger charge is 2.25. The summed E-state index contributed by atoms with van der Waals surface area (Å²) < 4.78 is 36.4. The lowest BCUT2D eigenvalue weighted by Gasteiger charge is -2.29. The van der Waals surface area contributed by atoms with Gasteiger partial charge in [-0.1, -0.05) is 6.07 Å². The summed E-state index contributed by atoms with van der Waals surface area (Å²) in [4.78, 5) is 4.32. The van der Waals surface area contributed by atoms with Gasteiger partial charge in [0.2, 0.25) is 10.0 Å². The molecule has 1 aromatic carbocycles. The van der Waals surface area contributed by atoms with E-state index in [4.69, 9.17) is 9.47 Å². The van der Waals surface area contributed by atoms with Crippen molar-refractivity contribution in [3.05, 3.63) is 23.8 Å². The monoisotopic (exact) mass is 353 g/mol. The predicted octanol–water partition coefficient (Wildman–Crippen LogP) is 0.652. The second-order valence-corrected chi connectivity index (χ2v) is 8.15. The highest BCUT2D eigenvalue weighted by Crippen LogP contribution is 2.33. The summed E-state index contributed by atoms with van der Waals surface area (Å²) in [5.74, 6) is 1.92. The lowest BCUT2D eigenvalue weighted by Crippen LogP contribution is -2.32. The lowest BCUT2D eigenvalue weighted by molar-refractivity contribution is -0.0313. The van der Waals surface area contributed by atoms with E-state index in [1.165, 1.54) is 10.6 Å². The molecule has 1 N–H and O–H groups in total. The van der Waals surface area contributed by atoms with Crippen LogP contribution in [0.15, 0.2) is 23.2 Å². The molecule has 7 nitrogen and oxygen atoms in total. The van der Waals surface area contributed by atoms with E-state index in [1.54, 1.807) is 7.05 Å². The second-order valence-electron chi connectivity index (χ2n) is 6.14. The number of nitrogens with zero attached hydrogens (tertiary/aromatic N) is 2. The number of hydrogen-bond donors (Lipinski definition) is 1. The fraction of sp³-hybridized carbons (Fsp3) is 0.562. The minimum absolute atomic E-state index is 0.361. The minimum atomic E-state index is -3.34. The van der Waals surface area contributed by atoms with Gasteiger partial charge >= 0.3 is 0 Å². The number of rotatable bonds is 7. The van der Waals surface area contributed by atoms with Gasteiger partial charge in [-0.05, 0) is 18.6 Å². The molecule has 0 unspecified atom stereocenters. The van der Waals surface area contributed by atoms with Crippen molar-refractivity contribution in [2.75, 3.05) is 50.5 Å². The molecule has 0 saturated carbocycles. The van der Waals surface area contributed by atoms with Crippen molar-refractivity contribution in [2.24, 2.45) is 10.9 Å². The molecule has 3 rings (SSSR count). The number of benzene rings is 1. The summed E-state index contributed by atoms with van der Waals surface area (Å²) in [5, 5.41) is 3.17. The summed E-state index contributed by atoms with van der Waals surface area (Å²) in [6.45, 7) is 3.36. The van der Waals surface area contributed by atoms with E-state index in [0.717, 1.165) is 30.9 Å². The molecule has 1 fully saturated rings. The van der Waals surface area contributed by atoms with E-state index >= 15 is 0 Å². The van der Waals surface area contributed by atoms with Crippen LogP contribution in [0.4, 0.5) is 5.69 Å². The van der Waals surface area contributed by atoms with Gasteiger partial charge in [-0.3, -0.25) is 9.30 Å². The van der Waals surface area contributed by atoms with Crippen LogP contribution in [0, 0.1) is 5.92 Å². The quantitative estimate of drug-likeness (QED) is 0.779. The van der Waals surface area contributed by atoms with Gasteiger partial charge in [-0.2, -0.15) is 0 Å². The molecule has 2 aliphatic heterocycles. The number of hydrogen-bond acceptors (Lipinski definition) is 6. The number of aliphatic imine (C=N–C) groups is 1. The van der Waals surface area contributed by atoms with Gasteiger partial charge in [0.25, 0.3) is 0 Å². The van der Waals surface area contributed by atoms with E-state index in [2.05, 4.69) is 10.3 Å². The Kier molecular flexibility index (Phi) is 4.96. The Morgan fingerprint density at radius 2 is 2.21 bits per heavy atom. The van der Waals surface area contributed by atoms with E-state index in [-0.39, 0.29) is 0 Å². The lowest BCUT2D eigenvalue weighted by atomic mass is 9.96. The molecular formula is C16H23N3O4S. The Bertz CT molecular complexity index is 729. The zero-order valence-corrected chi connectivity index (χ0v) is 14.8. The maximum absolute atomic E-state index is 12.0. The number of nitrogens with one attached hydrogen (secondary N) is 1. The van der Waals surface area contributed by atoms with Crippen LogP contribution in [0.25, 0.3) is 0 Å². The predicted molar refractivity (Wildman–Crippen MR) is 93.5 cm³/mol. The van der Waals surface area contributed by atoms with Crippen molar-refractivity contribution < 1.29 is 17.9 Å². The number of anilines is 1. The van der Waals surface area contributed by atoms with Crippen LogP contribution < -0.4 is 14.4 Å². The third-order valence-electron chi connectivity index (χ3n) is 4.25. The fourth-order valence-corrected chi connectivity index (χ4v) is 3.28. The summed E-state index contributed by atoms with van der Waals surface area (Å²) in [6, 6.07) is 5.51. The Hall–Kier alpha value is -1.80. The zero-order valence-electron chi connectivity index (χ0n) is 14.0. The van der Waals surface area contributed by atoms with E-state index in [0.29, 0.717) is 37.2 Å². The number of amidine groups is 1. The molecule has 8 heteroatoms. The normalized spacial score (nSPS) is 17.8. The first-order valence-corrected chi connectivity index (χ1v) is 9.83. The first-order chi connectivity index (χ1) is 11.4. The molecule has 2 heterocycles. The van der Waals surface area contributed by atoms with Crippen molar-refractivity contribution in [1.29, 1.82) is 0 Å². The molecular weight excluding hydrogens is 330 g/mol. The van der Waals surface area contributed by atoms with E-state index in [1.807, 2.05) is 18.2 Å². The maximum Gasteiger partial charge on any atom is 0.232 e. The molecule has 132 valence electrons. The SMILES string of the molecule is CN(c1cccc(OCC2=NCCN2)c1CC1COC1)S(C)(=O)=O. The molecule has 0 aliphatic carbocycles. The van der Waals surface area contributed by atoms with Gasteiger partial charge in [0, 0.05) is 25.1 Å². The largest absolute Gasteiger partial charge is 0.485 e. The van der Waals surface area contributed by atoms with Crippen LogP contribution in [0.5, 0.6) is 5.75 Å². The summed E-state index contributed by atoms with van der Waals surface area (Å²) in [5.41, 5.74) is 1.56. The van der Waals surface area contributed by atoms with Gasteiger partial charge in [-0.25, -0.2) is 8.42 Å². The number of sulfonamides is 1. The third-order valence-corrected chi connectivity index (χ3v) is 5.44. The first kappa shape index (κ1) is 17.0. The van der Waals surface area contributed by atoms with Crippen molar-refractivity contribution in [2.45, 2.75) is 6.42 Å². The van der Waals surface area contributed by atoms with Crippen molar-refractivity contribution in [3.63, 3.8) is 0 Å². The van der Waals surface area contributed by atoms with Gasteiger partial charge in [-0.15, -0.1) is 0 Å². The summed E-state index contributed by atoms with van der Waals surface area (Å²) in [6.07, 6.45) is 1.93. The van der Waals surface area contributed by atoms with Crippen LogP contribution >= 0.6 is 0 Å². The molecule has 0 spiro atoms. The molecule has 0 radical (unpaired) electrons. The van der Waals surface area contributed by atoms with Crippen molar-refractivity contribution >= 4 is 21.5 Å². The Labute approximate surface area is 142 Å². The molecule has 2 aliphatic rings. The zero-order chi connectivity index (χ0) is 17.2. The average Bonchev–Trinajstić information content (AvgIpc) is 3.00. The highest BCUT2D eigenvalue weighted by atomic mass is 32.2. The van der Waals surface area contributed by atoms with Crippen LogP contribution in [0.2, 0.25) is 0 Å². The van der Waals surface area contributed by atoms with Gasteiger partial charge in [0.1, 0.15) is 18.2 Å². The van der Waals surface area contributed by atoms with E-state index < -0.39 is 10.0 Å². The third kappa shape index (κ3) is 3.81. The van der Waals surface area contributed by atoms with Crippen LogP contribution in [-0.4, -0.2) is 60.5 Å². The maximum atomic E-state index is 12.0. The van der Waals surface area contributed by atoms with E-state index in [9.17, 15) is 8.42 Å². The summed E-state index contributed by atoms with van der Waals surface area (Å²) in [7, 11) is -1.77. The summed E-state index contributed by atoms with van der Waals surface area (Å²) >= 11 is 0. The molecule has 0 atom stereocenters. The van der Waals surface area contributed by atoms with Crippen molar-refractivity contribution in [1.82, 2.24) is 5.32 Å². The topological polar surface area (TPSA) is 80.2 Å². The Balaban J connectivity index is 1.87. The number of ether oxygens (including phenoxy) is 2. The molecule has 24 heavy (non-hydrogen) atoms. The molecule has 0 aromatic heterocycles. The molecule has 1 aromatic rings. The van der Waals surface area contributed by atoms with Crippen LogP contribution in [0.1, 0.15) is 5.56 Å². The minimum Gasteiger partial charge on any atom is -0.485 e. The standard InChI is InChI=1S/C16H23N3O4S/c1-19(24(2,20)21)14-4-3-5-15(13(14)8-12-9-22-10-12)23-11-16-17-6-7-18-16/h3-5,12H,6-11H2,1-2H3,(H,17,18). The first-order valence-electron chi connectivity index (χ1n) is 7.98. The van der Waals surface area contributed by atoms with Crippen LogP contribution in [-0.2, 0) is 21.2 Å². The van der Waals surface area contributed by atoms with Gasteiger partial charge < -0.3 is 14.8 Å².